The first-order valence-corrected chi connectivity index (χ1v) is 10.0. The van der Waals surface area contributed by atoms with Crippen LogP contribution < -0.4 is 16.0 Å². The molecule has 0 bridgehead atoms. The zero-order valence-electron chi connectivity index (χ0n) is 16.8. The van der Waals surface area contributed by atoms with Crippen LogP contribution in [0.2, 0.25) is 0 Å². The second-order valence-corrected chi connectivity index (χ2v) is 7.00. The molecule has 1 heterocycles. The number of nitrogens with zero attached hydrogens (tertiary/aromatic N) is 1. The van der Waals surface area contributed by atoms with Gasteiger partial charge in [-0.1, -0.05) is 36.4 Å². The fourth-order valence-corrected chi connectivity index (χ4v) is 3.22. The van der Waals surface area contributed by atoms with E-state index in [4.69, 9.17) is 4.74 Å². The van der Waals surface area contributed by atoms with Gasteiger partial charge in [0.1, 0.15) is 5.82 Å². The topological polar surface area (TPSA) is 82.7 Å². The maximum atomic E-state index is 13.6. The monoisotopic (exact) mass is 414 g/mol. The molecule has 160 valence electrons. The van der Waals surface area contributed by atoms with Gasteiger partial charge in [0.05, 0.1) is 18.8 Å². The predicted octanol–water partition coefficient (Wildman–Crippen LogP) is 1.89. The van der Waals surface area contributed by atoms with Gasteiger partial charge in [-0.25, -0.2) is 9.18 Å². The summed E-state index contributed by atoms with van der Waals surface area (Å²) in [6.07, 6.45) is 0. The van der Waals surface area contributed by atoms with Gasteiger partial charge in [0, 0.05) is 39.3 Å². The fourth-order valence-electron chi connectivity index (χ4n) is 3.22. The Labute approximate surface area is 175 Å². The van der Waals surface area contributed by atoms with Crippen molar-refractivity contribution in [3.63, 3.8) is 0 Å². The maximum Gasteiger partial charge on any atom is 0.315 e. The van der Waals surface area contributed by atoms with Gasteiger partial charge in [0.15, 0.2) is 0 Å². The van der Waals surface area contributed by atoms with Crippen molar-refractivity contribution in [2.75, 3.05) is 39.4 Å². The maximum absolute atomic E-state index is 13.6. The molecule has 1 aliphatic heterocycles. The zero-order chi connectivity index (χ0) is 21.2. The van der Waals surface area contributed by atoms with E-state index in [-0.39, 0.29) is 24.7 Å². The van der Waals surface area contributed by atoms with Crippen molar-refractivity contribution >= 4 is 11.9 Å². The highest BCUT2D eigenvalue weighted by Gasteiger charge is 2.13. The molecule has 0 aromatic heterocycles. The molecule has 8 heteroatoms. The van der Waals surface area contributed by atoms with Crippen LogP contribution in [0.3, 0.4) is 0 Å². The van der Waals surface area contributed by atoms with E-state index in [0.717, 1.165) is 38.4 Å². The van der Waals surface area contributed by atoms with E-state index in [1.54, 1.807) is 6.07 Å². The zero-order valence-corrected chi connectivity index (χ0v) is 16.8. The summed E-state index contributed by atoms with van der Waals surface area (Å²) in [7, 11) is 0. The SMILES string of the molecule is O=C(NCCNC(=O)c1ccccc1F)NCc1ccccc1CN1CCOCC1. The predicted molar refractivity (Wildman–Crippen MR) is 112 cm³/mol. The first-order valence-electron chi connectivity index (χ1n) is 10.0. The summed E-state index contributed by atoms with van der Waals surface area (Å²) >= 11 is 0. The Balaban J connectivity index is 1.38. The smallest absolute Gasteiger partial charge is 0.315 e. The Hall–Kier alpha value is -2.97. The molecule has 1 aliphatic rings. The molecule has 2 aromatic carbocycles. The lowest BCUT2D eigenvalue weighted by Crippen LogP contribution is -2.40. The van der Waals surface area contributed by atoms with Crippen molar-refractivity contribution in [1.82, 2.24) is 20.9 Å². The molecular formula is C22H27FN4O3. The van der Waals surface area contributed by atoms with Crippen LogP contribution in [-0.4, -0.2) is 56.2 Å². The average Bonchev–Trinajstić information content (AvgIpc) is 2.77. The number of halogens is 1. The number of morpholine rings is 1. The molecule has 0 aliphatic carbocycles. The molecule has 7 nitrogen and oxygen atoms in total. The van der Waals surface area contributed by atoms with Crippen LogP contribution >= 0.6 is 0 Å². The molecule has 1 fully saturated rings. The van der Waals surface area contributed by atoms with E-state index >= 15 is 0 Å². The third-order valence-corrected chi connectivity index (χ3v) is 4.87. The minimum atomic E-state index is -0.573. The number of carbonyl (C=O) groups is 2. The van der Waals surface area contributed by atoms with Gasteiger partial charge < -0.3 is 20.7 Å². The van der Waals surface area contributed by atoms with Gasteiger partial charge in [0.2, 0.25) is 0 Å². The van der Waals surface area contributed by atoms with Crippen LogP contribution in [0.25, 0.3) is 0 Å². The van der Waals surface area contributed by atoms with E-state index in [0.29, 0.717) is 6.54 Å². The summed E-state index contributed by atoms with van der Waals surface area (Å²) in [6.45, 7) is 4.97. The van der Waals surface area contributed by atoms with Crippen molar-refractivity contribution in [2.45, 2.75) is 13.1 Å². The Morgan fingerprint density at radius 2 is 1.57 bits per heavy atom. The molecule has 2 aromatic rings. The highest BCUT2D eigenvalue weighted by molar-refractivity contribution is 5.94. The van der Waals surface area contributed by atoms with E-state index in [1.807, 2.05) is 18.2 Å². The quantitative estimate of drug-likeness (QED) is 0.576. The minimum absolute atomic E-state index is 0.0150. The van der Waals surface area contributed by atoms with Gasteiger partial charge in [-0.15, -0.1) is 0 Å². The molecule has 0 unspecified atom stereocenters. The molecule has 3 amide bonds. The summed E-state index contributed by atoms with van der Waals surface area (Å²) in [5.41, 5.74) is 2.22. The number of amides is 3. The van der Waals surface area contributed by atoms with Crippen LogP contribution in [0.4, 0.5) is 9.18 Å². The number of benzene rings is 2. The lowest BCUT2D eigenvalue weighted by Gasteiger charge is -2.27. The molecule has 30 heavy (non-hydrogen) atoms. The lowest BCUT2D eigenvalue weighted by atomic mass is 10.1. The van der Waals surface area contributed by atoms with Crippen molar-refractivity contribution in [2.24, 2.45) is 0 Å². The molecule has 0 spiro atoms. The van der Waals surface area contributed by atoms with Crippen molar-refractivity contribution in [1.29, 1.82) is 0 Å². The Morgan fingerprint density at radius 1 is 0.900 bits per heavy atom. The molecular weight excluding hydrogens is 387 g/mol. The normalized spacial score (nSPS) is 14.2. The fraction of sp³-hybridized carbons (Fsp3) is 0.364. The van der Waals surface area contributed by atoms with E-state index in [2.05, 4.69) is 26.9 Å². The second-order valence-electron chi connectivity index (χ2n) is 7.00. The second kappa shape index (κ2) is 11.3. The summed E-state index contributed by atoms with van der Waals surface area (Å²) in [4.78, 5) is 26.3. The van der Waals surface area contributed by atoms with Crippen molar-refractivity contribution in [3.8, 4) is 0 Å². The Kier molecular flexibility index (Phi) is 8.17. The van der Waals surface area contributed by atoms with Crippen molar-refractivity contribution in [3.05, 3.63) is 71.0 Å². The van der Waals surface area contributed by atoms with Gasteiger partial charge in [-0.3, -0.25) is 9.69 Å². The molecule has 0 atom stereocenters. The lowest BCUT2D eigenvalue weighted by molar-refractivity contribution is 0.0341. The van der Waals surface area contributed by atoms with E-state index in [9.17, 15) is 14.0 Å². The first kappa shape index (κ1) is 21.7. The van der Waals surface area contributed by atoms with Gasteiger partial charge in [0.25, 0.3) is 5.91 Å². The summed E-state index contributed by atoms with van der Waals surface area (Å²) in [5.74, 6) is -1.08. The molecule has 0 saturated carbocycles. The van der Waals surface area contributed by atoms with Gasteiger partial charge in [-0.05, 0) is 23.3 Å². The number of hydrogen-bond donors (Lipinski definition) is 3. The van der Waals surface area contributed by atoms with E-state index < -0.39 is 11.7 Å². The number of ether oxygens (including phenoxy) is 1. The Morgan fingerprint density at radius 3 is 2.33 bits per heavy atom. The highest BCUT2D eigenvalue weighted by atomic mass is 19.1. The number of urea groups is 1. The third-order valence-electron chi connectivity index (χ3n) is 4.87. The van der Waals surface area contributed by atoms with Crippen LogP contribution in [0.1, 0.15) is 21.5 Å². The summed E-state index contributed by atoms with van der Waals surface area (Å²) in [6, 6.07) is 13.5. The van der Waals surface area contributed by atoms with Gasteiger partial charge in [-0.2, -0.15) is 0 Å². The summed E-state index contributed by atoms with van der Waals surface area (Å²) in [5, 5.41) is 8.12. The highest BCUT2D eigenvalue weighted by Crippen LogP contribution is 2.13. The number of rotatable bonds is 8. The van der Waals surface area contributed by atoms with Crippen LogP contribution in [-0.2, 0) is 17.8 Å². The number of hydrogen-bond acceptors (Lipinski definition) is 4. The Bertz CT molecular complexity index is 856. The first-order chi connectivity index (χ1) is 14.6. The average molecular weight is 414 g/mol. The van der Waals surface area contributed by atoms with Crippen molar-refractivity contribution < 1.29 is 18.7 Å². The summed E-state index contributed by atoms with van der Waals surface area (Å²) < 4.78 is 19.0. The minimum Gasteiger partial charge on any atom is -0.379 e. The largest absolute Gasteiger partial charge is 0.379 e. The standard InChI is InChI=1S/C22H27FN4O3/c23-20-8-4-3-7-19(20)21(28)24-9-10-25-22(29)26-15-17-5-1-2-6-18(17)16-27-11-13-30-14-12-27/h1-8H,9-16H2,(H,24,28)(H2,25,26,29). The van der Waals surface area contributed by atoms with Crippen LogP contribution in [0.15, 0.2) is 48.5 Å². The number of carbonyl (C=O) groups excluding carboxylic acids is 2. The molecule has 3 N–H and O–H groups in total. The van der Waals surface area contributed by atoms with Crippen LogP contribution in [0, 0.1) is 5.82 Å². The van der Waals surface area contributed by atoms with Gasteiger partial charge >= 0.3 is 6.03 Å². The van der Waals surface area contributed by atoms with E-state index in [1.165, 1.54) is 23.8 Å². The third kappa shape index (κ3) is 6.53. The number of nitrogens with one attached hydrogen (secondary N) is 3. The molecule has 0 radical (unpaired) electrons. The molecule has 1 saturated heterocycles. The van der Waals surface area contributed by atoms with Crippen LogP contribution in [0.5, 0.6) is 0 Å². The molecule has 3 rings (SSSR count).